The molecule has 0 unspecified atom stereocenters. The average molecular weight is 432 g/mol. The van der Waals surface area contributed by atoms with E-state index in [1.807, 2.05) is 24.3 Å². The molecule has 1 aliphatic carbocycles. The Hall–Kier alpha value is -3.51. The number of benzene rings is 3. The van der Waals surface area contributed by atoms with Crippen LogP contribution < -0.4 is 4.74 Å². The quantitative estimate of drug-likeness (QED) is 0.550. The van der Waals surface area contributed by atoms with Crippen molar-refractivity contribution >= 4 is 29.1 Å². The fourth-order valence-electron chi connectivity index (χ4n) is 4.59. The number of fused-ring (bicyclic) bond motifs is 2. The van der Waals surface area contributed by atoms with E-state index in [-0.39, 0.29) is 30.1 Å². The molecule has 3 aromatic carbocycles. The first-order valence-corrected chi connectivity index (χ1v) is 10.4. The molecule has 6 nitrogen and oxygen atoms in total. The molecule has 0 saturated heterocycles. The third-order valence-corrected chi connectivity index (χ3v) is 6.24. The predicted molar refractivity (Wildman–Crippen MR) is 120 cm³/mol. The Morgan fingerprint density at radius 2 is 1.78 bits per heavy atom. The second-order valence-corrected chi connectivity index (χ2v) is 8.05. The molecule has 1 atom stereocenters. The number of rotatable bonds is 6. The number of carbonyl (C=O) groups excluding carboxylic acids is 3. The van der Waals surface area contributed by atoms with Crippen LogP contribution in [0.5, 0.6) is 11.5 Å². The monoisotopic (exact) mass is 432 g/mol. The van der Waals surface area contributed by atoms with E-state index in [4.69, 9.17) is 9.47 Å². The summed E-state index contributed by atoms with van der Waals surface area (Å²) >= 11 is 0. The van der Waals surface area contributed by atoms with Crippen molar-refractivity contribution in [2.24, 2.45) is 0 Å². The van der Waals surface area contributed by atoms with Gasteiger partial charge in [-0.2, -0.15) is 0 Å². The minimum atomic E-state index is -0.522. The molecule has 0 saturated carbocycles. The summed E-state index contributed by atoms with van der Waals surface area (Å²) in [5, 5.41) is 12.0. The lowest BCUT2D eigenvalue weighted by atomic mass is 9.80. The first-order valence-electron chi connectivity index (χ1n) is 10.4. The van der Waals surface area contributed by atoms with Crippen LogP contribution in [-0.2, 0) is 11.3 Å². The molecule has 164 valence electrons. The van der Waals surface area contributed by atoms with Crippen LogP contribution >= 0.6 is 0 Å². The lowest BCUT2D eigenvalue weighted by molar-refractivity contribution is 0.0272. The molecule has 0 aliphatic heterocycles. The number of ketones is 1. The summed E-state index contributed by atoms with van der Waals surface area (Å²) in [6.07, 6.45) is 1.53. The van der Waals surface area contributed by atoms with Crippen LogP contribution in [0.25, 0.3) is 10.8 Å². The molecule has 4 rings (SSSR count). The van der Waals surface area contributed by atoms with Gasteiger partial charge in [-0.25, -0.2) is 0 Å². The molecular formula is C26H24O6. The third-order valence-electron chi connectivity index (χ3n) is 6.24. The summed E-state index contributed by atoms with van der Waals surface area (Å²) in [6, 6.07) is 9.17. The van der Waals surface area contributed by atoms with Crippen molar-refractivity contribution in [1.29, 1.82) is 0 Å². The van der Waals surface area contributed by atoms with Crippen LogP contribution in [0.3, 0.4) is 0 Å². The standard InChI is InChI=1S/C26H24O6/c1-14-10-18-20(12-28)24-22(32-13-16-4-6-17(31-3)7-5-16)9-8-21(29)25(24)26(30)23(18)15(2)19(14)11-27/h4-7,10-12,22,30H,8-9,13H2,1-3H3/t22-/m0/s1. The molecule has 0 amide bonds. The Balaban J connectivity index is 1.86. The summed E-state index contributed by atoms with van der Waals surface area (Å²) in [6.45, 7) is 3.77. The van der Waals surface area contributed by atoms with Gasteiger partial charge in [0.15, 0.2) is 18.4 Å². The number of aromatic hydroxyl groups is 1. The van der Waals surface area contributed by atoms with Crippen molar-refractivity contribution in [2.45, 2.75) is 39.4 Å². The maximum absolute atomic E-state index is 12.8. The number of ether oxygens (including phenoxy) is 2. The summed E-state index contributed by atoms with van der Waals surface area (Å²) in [5.41, 5.74) is 3.48. The summed E-state index contributed by atoms with van der Waals surface area (Å²) < 4.78 is 11.3. The minimum Gasteiger partial charge on any atom is -0.507 e. The van der Waals surface area contributed by atoms with Gasteiger partial charge < -0.3 is 14.6 Å². The van der Waals surface area contributed by atoms with Gasteiger partial charge in [0.05, 0.1) is 25.4 Å². The molecule has 0 fully saturated rings. The number of phenolic OH excluding ortho intramolecular Hbond substituents is 1. The first kappa shape index (κ1) is 21.7. The molecule has 0 radical (unpaired) electrons. The molecule has 0 heterocycles. The number of methoxy groups -OCH3 is 1. The van der Waals surface area contributed by atoms with E-state index < -0.39 is 6.10 Å². The van der Waals surface area contributed by atoms with Crippen molar-refractivity contribution < 1.29 is 29.0 Å². The summed E-state index contributed by atoms with van der Waals surface area (Å²) in [7, 11) is 1.60. The Morgan fingerprint density at radius 3 is 2.41 bits per heavy atom. The van der Waals surface area contributed by atoms with Crippen molar-refractivity contribution in [3.8, 4) is 11.5 Å². The zero-order valence-electron chi connectivity index (χ0n) is 18.2. The highest BCUT2D eigenvalue weighted by atomic mass is 16.5. The normalized spacial score (nSPS) is 15.5. The number of phenols is 1. The van der Waals surface area contributed by atoms with Crippen LogP contribution in [0.4, 0.5) is 0 Å². The zero-order chi connectivity index (χ0) is 23.0. The van der Waals surface area contributed by atoms with Gasteiger partial charge in [-0.3, -0.25) is 14.4 Å². The van der Waals surface area contributed by atoms with Crippen molar-refractivity contribution in [2.75, 3.05) is 7.11 Å². The number of hydrogen-bond donors (Lipinski definition) is 1. The second-order valence-electron chi connectivity index (χ2n) is 8.05. The number of Topliss-reactive ketones (excluding diaryl/α,β-unsaturated/α-hetero) is 1. The van der Waals surface area contributed by atoms with Gasteiger partial charge in [-0.1, -0.05) is 12.1 Å². The van der Waals surface area contributed by atoms with Crippen LogP contribution in [0, 0.1) is 13.8 Å². The van der Waals surface area contributed by atoms with E-state index in [9.17, 15) is 19.5 Å². The van der Waals surface area contributed by atoms with Crippen LogP contribution in [0.2, 0.25) is 0 Å². The second kappa shape index (κ2) is 8.55. The number of hydrogen-bond acceptors (Lipinski definition) is 6. The van der Waals surface area contributed by atoms with E-state index in [1.165, 1.54) is 0 Å². The fraction of sp³-hybridized carbons (Fsp3) is 0.269. The van der Waals surface area contributed by atoms with Crippen molar-refractivity contribution in [1.82, 2.24) is 0 Å². The number of carbonyl (C=O) groups is 3. The average Bonchev–Trinajstić information content (AvgIpc) is 2.79. The maximum atomic E-state index is 12.8. The lowest BCUT2D eigenvalue weighted by Crippen LogP contribution is -2.21. The van der Waals surface area contributed by atoms with E-state index in [0.29, 0.717) is 51.3 Å². The Labute approximate surface area is 185 Å². The Bertz CT molecular complexity index is 1240. The lowest BCUT2D eigenvalue weighted by Gasteiger charge is -2.29. The van der Waals surface area contributed by atoms with Crippen LogP contribution in [-0.4, -0.2) is 30.6 Å². The molecule has 0 aromatic heterocycles. The summed E-state index contributed by atoms with van der Waals surface area (Å²) in [4.78, 5) is 36.6. The molecule has 6 heteroatoms. The van der Waals surface area contributed by atoms with Crippen LogP contribution in [0.15, 0.2) is 30.3 Å². The zero-order valence-corrected chi connectivity index (χ0v) is 18.2. The first-order chi connectivity index (χ1) is 15.4. The van der Waals surface area contributed by atoms with E-state index in [2.05, 4.69) is 0 Å². The third kappa shape index (κ3) is 3.46. The predicted octanol–water partition coefficient (Wildman–Crippen LogP) is 5.03. The molecule has 0 bridgehead atoms. The molecule has 1 N–H and O–H groups in total. The molecule has 0 spiro atoms. The van der Waals surface area contributed by atoms with E-state index in [1.54, 1.807) is 27.0 Å². The Kier molecular flexibility index (Phi) is 5.80. The fourth-order valence-corrected chi connectivity index (χ4v) is 4.59. The van der Waals surface area contributed by atoms with Gasteiger partial charge in [-0.15, -0.1) is 0 Å². The highest BCUT2D eigenvalue weighted by molar-refractivity contribution is 6.14. The smallest absolute Gasteiger partial charge is 0.167 e. The molecule has 1 aliphatic rings. The topological polar surface area (TPSA) is 89.9 Å². The molecule has 3 aromatic rings. The largest absolute Gasteiger partial charge is 0.507 e. The highest BCUT2D eigenvalue weighted by Crippen LogP contribution is 2.45. The number of aldehydes is 2. The Morgan fingerprint density at radius 1 is 1.09 bits per heavy atom. The molecule has 32 heavy (non-hydrogen) atoms. The highest BCUT2D eigenvalue weighted by Gasteiger charge is 2.34. The maximum Gasteiger partial charge on any atom is 0.167 e. The van der Waals surface area contributed by atoms with Gasteiger partial charge in [-0.05, 0) is 60.5 Å². The van der Waals surface area contributed by atoms with Crippen molar-refractivity contribution in [3.63, 3.8) is 0 Å². The van der Waals surface area contributed by atoms with Gasteiger partial charge in [0.25, 0.3) is 0 Å². The number of aryl methyl sites for hydroxylation is 2. The van der Waals surface area contributed by atoms with Gasteiger partial charge in [0.1, 0.15) is 11.5 Å². The van der Waals surface area contributed by atoms with E-state index >= 15 is 0 Å². The summed E-state index contributed by atoms with van der Waals surface area (Å²) in [5.74, 6) is 0.311. The van der Waals surface area contributed by atoms with E-state index in [0.717, 1.165) is 17.6 Å². The van der Waals surface area contributed by atoms with Gasteiger partial charge in [0.2, 0.25) is 0 Å². The SMILES string of the molecule is COc1ccc(CO[C@H]2CCC(=O)c3c2c(C=O)c2cc(C)c(C=O)c(C)c2c3O)cc1. The van der Waals surface area contributed by atoms with Crippen LogP contribution in [0.1, 0.15) is 72.3 Å². The van der Waals surface area contributed by atoms with Gasteiger partial charge in [0, 0.05) is 28.5 Å². The minimum absolute atomic E-state index is 0.120. The molecular weight excluding hydrogens is 408 g/mol. The van der Waals surface area contributed by atoms with Gasteiger partial charge >= 0.3 is 0 Å². The van der Waals surface area contributed by atoms with Crippen molar-refractivity contribution in [3.05, 3.63) is 69.3 Å².